The Hall–Kier alpha value is -1.92. The number of halogens is 2. The summed E-state index contributed by atoms with van der Waals surface area (Å²) >= 11 is 0. The van der Waals surface area contributed by atoms with Crippen LogP contribution in [-0.2, 0) is 16.4 Å². The van der Waals surface area contributed by atoms with Crippen molar-refractivity contribution in [3.8, 4) is 5.75 Å². The highest BCUT2D eigenvalue weighted by molar-refractivity contribution is 14.0. The molecule has 2 aromatic rings. The Morgan fingerprint density at radius 2 is 1.77 bits per heavy atom. The van der Waals surface area contributed by atoms with Crippen molar-refractivity contribution in [1.82, 2.24) is 10.6 Å². The Labute approximate surface area is 194 Å². The fourth-order valence-electron chi connectivity index (χ4n) is 2.52. The van der Waals surface area contributed by atoms with Gasteiger partial charge in [0.1, 0.15) is 17.7 Å². The summed E-state index contributed by atoms with van der Waals surface area (Å²) < 4.78 is 41.3. The van der Waals surface area contributed by atoms with Crippen LogP contribution in [0, 0.1) is 5.82 Å². The van der Waals surface area contributed by atoms with Crippen molar-refractivity contribution < 1.29 is 17.5 Å². The molecule has 0 bridgehead atoms. The molecular formula is C20H28FIN4O3S. The minimum absolute atomic E-state index is 0. The van der Waals surface area contributed by atoms with Crippen LogP contribution in [-0.4, -0.2) is 40.1 Å². The Morgan fingerprint density at radius 1 is 1.13 bits per heavy atom. The van der Waals surface area contributed by atoms with E-state index >= 15 is 0 Å². The zero-order valence-electron chi connectivity index (χ0n) is 17.0. The number of hydrogen-bond acceptors (Lipinski definition) is 4. The summed E-state index contributed by atoms with van der Waals surface area (Å²) in [4.78, 5) is 4.60. The third kappa shape index (κ3) is 9.26. The molecule has 2 aromatic carbocycles. The first-order valence-electron chi connectivity index (χ1n) is 9.34. The zero-order chi connectivity index (χ0) is 21.3. The summed E-state index contributed by atoms with van der Waals surface area (Å²) in [6, 6.07) is 12.4. The minimum Gasteiger partial charge on any atom is -0.489 e. The molecule has 0 spiro atoms. The van der Waals surface area contributed by atoms with E-state index in [1.165, 1.54) is 24.3 Å². The molecule has 0 heterocycles. The molecule has 1 unspecified atom stereocenters. The van der Waals surface area contributed by atoms with Gasteiger partial charge in [-0.3, -0.25) is 0 Å². The van der Waals surface area contributed by atoms with Gasteiger partial charge in [0.2, 0.25) is 10.0 Å². The van der Waals surface area contributed by atoms with Crippen LogP contribution in [0.15, 0.2) is 58.4 Å². The molecule has 0 amide bonds. The van der Waals surface area contributed by atoms with Gasteiger partial charge in [0, 0.05) is 13.1 Å². The molecule has 0 aromatic heterocycles. The van der Waals surface area contributed by atoms with Crippen molar-refractivity contribution in [3.05, 3.63) is 59.9 Å². The van der Waals surface area contributed by atoms with Crippen LogP contribution in [0.2, 0.25) is 0 Å². The number of hydrogen-bond donors (Lipinski definition) is 3. The van der Waals surface area contributed by atoms with E-state index in [0.29, 0.717) is 37.8 Å². The first-order chi connectivity index (χ1) is 13.8. The van der Waals surface area contributed by atoms with Gasteiger partial charge in [-0.1, -0.05) is 12.1 Å². The fraction of sp³-hybridized carbons (Fsp3) is 0.350. The van der Waals surface area contributed by atoms with E-state index in [2.05, 4.69) is 15.6 Å². The number of nitrogens with one attached hydrogen (secondary N) is 2. The smallest absolute Gasteiger partial charge is 0.238 e. The Bertz CT molecular complexity index is 907. The Morgan fingerprint density at radius 3 is 2.33 bits per heavy atom. The highest BCUT2D eigenvalue weighted by atomic mass is 127. The summed E-state index contributed by atoms with van der Waals surface area (Å²) in [5.41, 5.74) is 0.980. The first-order valence-corrected chi connectivity index (χ1v) is 10.9. The largest absolute Gasteiger partial charge is 0.489 e. The van der Waals surface area contributed by atoms with E-state index in [9.17, 15) is 12.8 Å². The highest BCUT2D eigenvalue weighted by Gasteiger charge is 2.07. The molecule has 0 fully saturated rings. The molecule has 1 atom stereocenters. The number of nitrogens with two attached hydrogens (primary N) is 1. The second-order valence-electron chi connectivity index (χ2n) is 6.47. The first kappa shape index (κ1) is 26.1. The lowest BCUT2D eigenvalue weighted by Gasteiger charge is -2.15. The van der Waals surface area contributed by atoms with Gasteiger partial charge in [0.05, 0.1) is 11.4 Å². The van der Waals surface area contributed by atoms with Gasteiger partial charge in [-0.15, -0.1) is 24.0 Å². The molecule has 166 valence electrons. The zero-order valence-corrected chi connectivity index (χ0v) is 20.1. The second kappa shape index (κ2) is 12.7. The maximum Gasteiger partial charge on any atom is 0.238 e. The van der Waals surface area contributed by atoms with Crippen LogP contribution in [0.1, 0.15) is 19.4 Å². The maximum absolute atomic E-state index is 12.9. The summed E-state index contributed by atoms with van der Waals surface area (Å²) in [6.07, 6.45) is 0.512. The highest BCUT2D eigenvalue weighted by Crippen LogP contribution is 2.13. The lowest BCUT2D eigenvalue weighted by atomic mass is 10.1. The average Bonchev–Trinajstić information content (AvgIpc) is 2.67. The molecule has 0 saturated carbocycles. The van der Waals surface area contributed by atoms with Crippen molar-refractivity contribution in [3.63, 3.8) is 0 Å². The van der Waals surface area contributed by atoms with Gasteiger partial charge < -0.3 is 15.4 Å². The molecule has 0 aliphatic carbocycles. The van der Waals surface area contributed by atoms with Gasteiger partial charge in [0.25, 0.3) is 0 Å². The van der Waals surface area contributed by atoms with E-state index in [-0.39, 0.29) is 40.8 Å². The minimum atomic E-state index is -3.68. The lowest BCUT2D eigenvalue weighted by molar-refractivity contribution is 0.230. The van der Waals surface area contributed by atoms with Gasteiger partial charge in [-0.25, -0.2) is 22.9 Å². The normalized spacial score (nSPS) is 12.6. The molecule has 4 N–H and O–H groups in total. The lowest BCUT2D eigenvalue weighted by Crippen LogP contribution is -2.39. The summed E-state index contributed by atoms with van der Waals surface area (Å²) in [6.45, 7) is 5.62. The van der Waals surface area contributed by atoms with E-state index < -0.39 is 10.0 Å². The number of benzene rings is 2. The van der Waals surface area contributed by atoms with Crippen LogP contribution < -0.4 is 20.5 Å². The second-order valence-corrected chi connectivity index (χ2v) is 8.03. The van der Waals surface area contributed by atoms with Crippen LogP contribution in [0.3, 0.4) is 0 Å². The van der Waals surface area contributed by atoms with Crippen molar-refractivity contribution in [1.29, 1.82) is 0 Å². The van der Waals surface area contributed by atoms with Crippen molar-refractivity contribution in [2.24, 2.45) is 10.1 Å². The number of nitrogens with zero attached hydrogens (tertiary/aromatic N) is 1. The predicted molar refractivity (Wildman–Crippen MR) is 127 cm³/mol. The number of rotatable bonds is 9. The van der Waals surface area contributed by atoms with Crippen LogP contribution in [0.5, 0.6) is 5.75 Å². The number of sulfonamides is 1. The molecule has 0 saturated heterocycles. The fourth-order valence-corrected chi connectivity index (χ4v) is 3.03. The molecule has 0 aliphatic heterocycles. The van der Waals surface area contributed by atoms with Gasteiger partial charge in [-0.05, 0) is 62.2 Å². The van der Waals surface area contributed by atoms with Gasteiger partial charge in [0.15, 0.2) is 5.96 Å². The van der Waals surface area contributed by atoms with E-state index in [4.69, 9.17) is 9.88 Å². The Kier molecular flexibility index (Phi) is 11.1. The topological polar surface area (TPSA) is 106 Å². The maximum atomic E-state index is 12.9. The number of guanidine groups is 1. The third-order valence-electron chi connectivity index (χ3n) is 3.96. The molecule has 7 nitrogen and oxygen atoms in total. The van der Waals surface area contributed by atoms with Crippen molar-refractivity contribution in [2.75, 3.05) is 19.6 Å². The van der Waals surface area contributed by atoms with Crippen LogP contribution in [0.25, 0.3) is 0 Å². The van der Waals surface area contributed by atoms with Crippen molar-refractivity contribution >= 4 is 40.0 Å². The molecule has 30 heavy (non-hydrogen) atoms. The van der Waals surface area contributed by atoms with Gasteiger partial charge >= 0.3 is 0 Å². The number of ether oxygens (including phenoxy) is 1. The molecule has 0 radical (unpaired) electrons. The Balaban J connectivity index is 0.00000450. The van der Waals surface area contributed by atoms with E-state index in [1.807, 2.05) is 13.8 Å². The van der Waals surface area contributed by atoms with Crippen LogP contribution in [0.4, 0.5) is 4.39 Å². The number of aliphatic imine (C=N–C) groups is 1. The predicted octanol–water partition coefficient (Wildman–Crippen LogP) is 2.66. The average molecular weight is 550 g/mol. The summed E-state index contributed by atoms with van der Waals surface area (Å²) in [5.74, 6) is 0.944. The monoisotopic (exact) mass is 550 g/mol. The van der Waals surface area contributed by atoms with E-state index in [1.54, 1.807) is 24.3 Å². The molecular weight excluding hydrogens is 522 g/mol. The van der Waals surface area contributed by atoms with Crippen LogP contribution >= 0.6 is 24.0 Å². The molecule has 0 aliphatic rings. The summed E-state index contributed by atoms with van der Waals surface area (Å²) in [5, 5.41) is 11.5. The third-order valence-corrected chi connectivity index (χ3v) is 4.89. The van der Waals surface area contributed by atoms with E-state index in [0.717, 1.165) is 5.56 Å². The quantitative estimate of drug-likeness (QED) is 0.253. The number of primary sulfonamides is 1. The molecule has 10 heteroatoms. The summed E-state index contributed by atoms with van der Waals surface area (Å²) in [7, 11) is -3.68. The molecule has 2 rings (SSSR count). The van der Waals surface area contributed by atoms with Crippen molar-refractivity contribution in [2.45, 2.75) is 31.3 Å². The standard InChI is InChI=1S/C20H27FN4O3S.HI/c1-3-23-20(25-14-15(2)28-18-8-6-17(21)7-9-18)24-13-12-16-4-10-19(11-5-16)29(22,26)27;/h4-11,15H,3,12-14H2,1-2H3,(H2,22,26,27)(H2,23,24,25);1H. The van der Waals surface area contributed by atoms with Gasteiger partial charge in [-0.2, -0.15) is 0 Å². The SMILES string of the molecule is CCNC(=NCC(C)Oc1ccc(F)cc1)NCCc1ccc(S(N)(=O)=O)cc1.I.